The van der Waals surface area contributed by atoms with E-state index in [-0.39, 0.29) is 38.2 Å². The van der Waals surface area contributed by atoms with Crippen molar-refractivity contribution in [1.29, 1.82) is 0 Å². The minimum Gasteiger partial charge on any atom is -0.459 e. The molecular formula is C44H63N3O11S. The number of hydrogen-bond donors (Lipinski definition) is 2. The van der Waals surface area contributed by atoms with Crippen molar-refractivity contribution in [3.8, 4) is 10.6 Å². The average Bonchev–Trinajstić information content (AvgIpc) is 3.65. The van der Waals surface area contributed by atoms with Crippen LogP contribution in [-0.2, 0) is 42.9 Å². The lowest BCUT2D eigenvalue weighted by Gasteiger charge is -2.47. The number of Topliss-reactive ketones (excluding diaryl/α,β-unsaturated/α-hetero) is 1. The van der Waals surface area contributed by atoms with E-state index in [0.717, 1.165) is 15.4 Å². The van der Waals surface area contributed by atoms with Gasteiger partial charge in [0.25, 0.3) is 0 Å². The monoisotopic (exact) mass is 841 g/mol. The normalized spacial score (nSPS) is 38.0. The molecule has 2 N–H and O–H groups in total. The first kappa shape index (κ1) is 46.7. The summed E-state index contributed by atoms with van der Waals surface area (Å²) < 4.78 is 32.9. The van der Waals surface area contributed by atoms with Gasteiger partial charge < -0.3 is 43.6 Å². The molecule has 0 aliphatic carbocycles. The molecule has 2 aromatic rings. The van der Waals surface area contributed by atoms with Gasteiger partial charge in [-0.05, 0) is 97.0 Å². The molecule has 3 fully saturated rings. The zero-order chi connectivity index (χ0) is 43.4. The number of hydrogen-bond acceptors (Lipinski definition) is 15. The number of carbonyl (C=O) groups is 3. The van der Waals surface area contributed by atoms with Gasteiger partial charge in [-0.1, -0.05) is 38.9 Å². The molecule has 13 atom stereocenters. The zero-order valence-electron chi connectivity index (χ0n) is 36.2. The van der Waals surface area contributed by atoms with Gasteiger partial charge in [-0.15, -0.1) is 11.3 Å². The standard InChI is InChI=1S/C44H63N3O11S/c1-12-35-44(9,52)40-26(4)36(46-58-29(7)48)24(2)21-43(8,54-23-30(22-53-40)20-31-16-17-34(59-31)32-15-13-14-18-45-32)39(27(5)37(49)28(6)41(51)56-35)57-42-38(50)33(47(10)11)19-25(3)55-42/h13-18,20,24-28,33,35,38-40,42,50,52H,12,19,21-23H2,1-11H3/b30-20-,46-36+/t24-,25-,26+,27+,28-,33+,35-,38-,39-,40+,42+,43-,44-/m1/s1. The number of aliphatic hydroxyl groups is 2. The van der Waals surface area contributed by atoms with Gasteiger partial charge in [0.1, 0.15) is 23.7 Å². The number of ketones is 1. The molecule has 3 saturated heterocycles. The molecule has 326 valence electrons. The fourth-order valence-electron chi connectivity index (χ4n) is 8.83. The first-order valence-electron chi connectivity index (χ1n) is 20.6. The van der Waals surface area contributed by atoms with Gasteiger partial charge in [0.05, 0.1) is 53.4 Å². The van der Waals surface area contributed by atoms with E-state index in [0.29, 0.717) is 17.7 Å². The maximum absolute atomic E-state index is 14.6. The van der Waals surface area contributed by atoms with Crippen LogP contribution >= 0.6 is 11.3 Å². The molecular weight excluding hydrogens is 779 g/mol. The lowest BCUT2D eigenvalue weighted by Crippen LogP contribution is -2.60. The molecule has 59 heavy (non-hydrogen) atoms. The largest absolute Gasteiger partial charge is 0.459 e. The summed E-state index contributed by atoms with van der Waals surface area (Å²) in [5, 5.41) is 28.6. The number of thiophene rings is 1. The summed E-state index contributed by atoms with van der Waals surface area (Å²) in [6, 6.07) is 9.41. The van der Waals surface area contributed by atoms with Gasteiger partial charge in [0.2, 0.25) is 0 Å². The van der Waals surface area contributed by atoms with Gasteiger partial charge in [0, 0.05) is 41.8 Å². The smallest absolute Gasteiger partial charge is 0.331 e. The number of carbonyl (C=O) groups excluding carboxylic acids is 3. The molecule has 3 aliphatic heterocycles. The number of aromatic nitrogens is 1. The Hall–Kier alpha value is -3.41. The molecule has 0 amide bonds. The summed E-state index contributed by atoms with van der Waals surface area (Å²) in [5.74, 6) is -5.42. The third-order valence-corrected chi connectivity index (χ3v) is 13.1. The van der Waals surface area contributed by atoms with E-state index >= 15 is 0 Å². The van der Waals surface area contributed by atoms with Crippen LogP contribution in [0.15, 0.2) is 47.3 Å². The number of nitrogens with zero attached hydrogens (tertiary/aromatic N) is 3. The number of ether oxygens (including phenoxy) is 5. The minimum absolute atomic E-state index is 0.00741. The van der Waals surface area contributed by atoms with Crippen LogP contribution < -0.4 is 0 Å². The lowest BCUT2D eigenvalue weighted by atomic mass is 9.74. The van der Waals surface area contributed by atoms with Gasteiger partial charge in [0.15, 0.2) is 12.1 Å². The third kappa shape index (κ3) is 10.7. The van der Waals surface area contributed by atoms with Crippen LogP contribution in [0.4, 0.5) is 0 Å². The number of aliphatic hydroxyl groups excluding tert-OH is 1. The van der Waals surface area contributed by atoms with Gasteiger partial charge >= 0.3 is 11.9 Å². The Morgan fingerprint density at radius 3 is 2.46 bits per heavy atom. The second-order valence-corrected chi connectivity index (χ2v) is 18.3. The molecule has 0 aromatic carbocycles. The summed E-state index contributed by atoms with van der Waals surface area (Å²) >= 11 is 1.54. The van der Waals surface area contributed by atoms with Gasteiger partial charge in [-0.3, -0.25) is 14.6 Å². The Morgan fingerprint density at radius 2 is 1.81 bits per heavy atom. The van der Waals surface area contributed by atoms with E-state index in [2.05, 4.69) is 10.1 Å². The predicted octanol–water partition coefficient (Wildman–Crippen LogP) is 5.69. The van der Waals surface area contributed by atoms with E-state index in [1.807, 2.05) is 83.1 Å². The maximum Gasteiger partial charge on any atom is 0.331 e. The lowest BCUT2D eigenvalue weighted by molar-refractivity contribution is -0.296. The second-order valence-electron chi connectivity index (χ2n) is 17.1. The van der Waals surface area contributed by atoms with Crippen molar-refractivity contribution in [2.24, 2.45) is 28.8 Å². The molecule has 5 rings (SSSR count). The Balaban J connectivity index is 1.72. The fraction of sp³-hybridized carbons (Fsp3) is 0.659. The molecule has 0 spiro atoms. The van der Waals surface area contributed by atoms with E-state index in [4.69, 9.17) is 28.5 Å². The Labute approximate surface area is 352 Å². The highest BCUT2D eigenvalue weighted by Crippen LogP contribution is 2.41. The number of rotatable bonds is 7. The number of pyridine rings is 1. The maximum atomic E-state index is 14.6. The van der Waals surface area contributed by atoms with Crippen LogP contribution in [0, 0.1) is 23.7 Å². The van der Waals surface area contributed by atoms with E-state index in [9.17, 15) is 24.6 Å². The van der Waals surface area contributed by atoms with Crippen molar-refractivity contribution in [3.05, 3.63) is 47.0 Å². The molecule has 15 heteroatoms. The Kier molecular flexibility index (Phi) is 15.4. The third-order valence-electron chi connectivity index (χ3n) is 12.0. The Morgan fingerprint density at radius 1 is 1.08 bits per heavy atom. The fourth-order valence-corrected chi connectivity index (χ4v) is 9.81. The second kappa shape index (κ2) is 19.5. The van der Waals surface area contributed by atoms with E-state index in [1.54, 1.807) is 38.3 Å². The number of cyclic esters (lactones) is 1. The highest BCUT2D eigenvalue weighted by atomic mass is 32.1. The van der Waals surface area contributed by atoms with Crippen molar-refractivity contribution in [3.63, 3.8) is 0 Å². The van der Waals surface area contributed by atoms with Crippen LogP contribution in [0.1, 0.15) is 86.5 Å². The molecule has 0 radical (unpaired) electrons. The molecule has 5 heterocycles. The SMILES string of the molecule is CC[C@H]1OC(=O)[C@H](C)C(=O)[C@H](C)[C@@H](O[C@@H]2O[C@H](C)C[C@H](N(C)C)[C@H]2O)[C@@]2(C)C[C@@H](C)/C(=N\OC(C)=O)[C@H](C)[C@H](OC/C(=C/c3ccc(-c4ccccn4)s3)CO2)[C@]1(C)O. The summed E-state index contributed by atoms with van der Waals surface area (Å²) in [5.41, 5.74) is -1.26. The number of fused-ring (bicyclic) bond motifs is 5. The molecule has 2 aromatic heterocycles. The minimum atomic E-state index is -1.82. The first-order valence-corrected chi connectivity index (χ1v) is 21.4. The molecule has 14 nitrogen and oxygen atoms in total. The summed E-state index contributed by atoms with van der Waals surface area (Å²) in [7, 11) is 3.75. The Bertz CT molecular complexity index is 1830. The van der Waals surface area contributed by atoms with E-state index in [1.165, 1.54) is 13.8 Å². The van der Waals surface area contributed by atoms with Crippen LogP contribution in [-0.4, -0.2) is 125 Å². The molecule has 0 unspecified atom stereocenters. The topological polar surface area (TPSA) is 176 Å². The number of likely N-dealkylation sites (N-methyl/N-ethyl adjacent to an activating group) is 1. The first-order chi connectivity index (χ1) is 27.8. The van der Waals surface area contributed by atoms with Crippen LogP contribution in [0.25, 0.3) is 16.6 Å². The highest BCUT2D eigenvalue weighted by molar-refractivity contribution is 7.16. The van der Waals surface area contributed by atoms with Crippen molar-refractivity contribution in [2.75, 3.05) is 27.3 Å². The average molecular weight is 842 g/mol. The van der Waals surface area contributed by atoms with Gasteiger partial charge in [-0.2, -0.15) is 0 Å². The summed E-state index contributed by atoms with van der Waals surface area (Å²) in [6.45, 7) is 15.2. The zero-order valence-corrected chi connectivity index (χ0v) is 37.1. The number of oxime groups is 1. The van der Waals surface area contributed by atoms with Crippen LogP contribution in [0.5, 0.6) is 0 Å². The summed E-state index contributed by atoms with van der Waals surface area (Å²) in [6.07, 6.45) is -1.19. The van der Waals surface area contributed by atoms with Gasteiger partial charge in [-0.25, -0.2) is 4.79 Å². The van der Waals surface area contributed by atoms with Crippen LogP contribution in [0.3, 0.4) is 0 Å². The molecule has 2 bridgehead atoms. The van der Waals surface area contributed by atoms with Crippen LogP contribution in [0.2, 0.25) is 0 Å². The van der Waals surface area contributed by atoms with Crippen molar-refractivity contribution in [1.82, 2.24) is 9.88 Å². The summed E-state index contributed by atoms with van der Waals surface area (Å²) in [4.78, 5) is 54.3. The molecule has 0 saturated carbocycles. The van der Waals surface area contributed by atoms with Crippen molar-refractivity contribution in [2.45, 2.75) is 136 Å². The molecule has 3 aliphatic rings. The van der Waals surface area contributed by atoms with E-state index < -0.39 is 83.3 Å². The van der Waals surface area contributed by atoms with Crippen molar-refractivity contribution < 1.29 is 53.1 Å². The van der Waals surface area contributed by atoms with Crippen molar-refractivity contribution >= 4 is 40.8 Å². The number of esters is 1. The highest BCUT2D eigenvalue weighted by Gasteiger charge is 2.53. The quantitative estimate of drug-likeness (QED) is 0.151. The predicted molar refractivity (Wildman–Crippen MR) is 223 cm³/mol.